The Morgan fingerprint density at radius 3 is 2.64 bits per heavy atom. The summed E-state index contributed by atoms with van der Waals surface area (Å²) in [6.07, 6.45) is 1.40. The number of aromatic hydroxyl groups is 1. The van der Waals surface area contributed by atoms with Gasteiger partial charge in [-0.2, -0.15) is 0 Å². The third-order valence-electron chi connectivity index (χ3n) is 3.45. The van der Waals surface area contributed by atoms with E-state index >= 15 is 0 Å². The molecule has 0 saturated carbocycles. The Labute approximate surface area is 161 Å². The topological polar surface area (TPSA) is 69.6 Å². The fourth-order valence-electron chi connectivity index (χ4n) is 2.29. The van der Waals surface area contributed by atoms with Gasteiger partial charge < -0.3 is 5.11 Å². The highest BCUT2D eigenvalue weighted by Crippen LogP contribution is 2.25. The maximum Gasteiger partial charge on any atom is 0.270 e. The van der Waals surface area contributed by atoms with Crippen molar-refractivity contribution in [3.8, 4) is 5.75 Å². The second kappa shape index (κ2) is 6.89. The van der Waals surface area contributed by atoms with Crippen molar-refractivity contribution < 1.29 is 19.1 Å². The molecule has 2 amide bonds. The van der Waals surface area contributed by atoms with E-state index in [1.54, 1.807) is 12.1 Å². The second-order valence-corrected chi connectivity index (χ2v) is 6.70. The van der Waals surface area contributed by atoms with Crippen LogP contribution in [0.25, 0.3) is 6.08 Å². The van der Waals surface area contributed by atoms with Gasteiger partial charge in [-0.25, -0.2) is 4.39 Å². The van der Waals surface area contributed by atoms with E-state index in [0.29, 0.717) is 9.13 Å². The number of carbonyl (C=O) groups excluding carboxylic acids is 2. The zero-order valence-corrected chi connectivity index (χ0v) is 15.5. The number of phenolic OH excluding ortho intramolecular Hbond substituents is 1. The molecule has 2 aromatic rings. The highest BCUT2D eigenvalue weighted by molar-refractivity contribution is 14.1. The van der Waals surface area contributed by atoms with Crippen molar-refractivity contribution in [1.29, 1.82) is 0 Å². The van der Waals surface area contributed by atoms with E-state index in [2.05, 4.69) is 5.32 Å². The maximum atomic E-state index is 13.5. The molecule has 0 aliphatic carbocycles. The molecule has 1 fully saturated rings. The van der Waals surface area contributed by atoms with Crippen LogP contribution in [0.3, 0.4) is 0 Å². The molecule has 2 aromatic carbocycles. The molecular formula is C17H10FIN2O3S. The lowest BCUT2D eigenvalue weighted by atomic mass is 10.1. The number of benzene rings is 2. The minimum atomic E-state index is -0.651. The van der Waals surface area contributed by atoms with Crippen molar-refractivity contribution in [2.75, 3.05) is 4.90 Å². The molecule has 25 heavy (non-hydrogen) atoms. The van der Waals surface area contributed by atoms with Crippen LogP contribution in [0, 0.1) is 9.39 Å². The van der Waals surface area contributed by atoms with Crippen molar-refractivity contribution in [2.24, 2.45) is 0 Å². The largest absolute Gasteiger partial charge is 0.507 e. The van der Waals surface area contributed by atoms with Gasteiger partial charge in [0.05, 0.1) is 9.26 Å². The van der Waals surface area contributed by atoms with Crippen molar-refractivity contribution in [3.63, 3.8) is 0 Å². The molecular weight excluding hydrogens is 458 g/mol. The molecule has 1 aliphatic rings. The van der Waals surface area contributed by atoms with Crippen LogP contribution < -0.4 is 10.2 Å². The average molecular weight is 468 g/mol. The van der Waals surface area contributed by atoms with Crippen LogP contribution in [0.15, 0.2) is 48.0 Å². The summed E-state index contributed by atoms with van der Waals surface area (Å²) in [5.74, 6) is -1.71. The normalized spacial score (nSPS) is 16.3. The Morgan fingerprint density at radius 2 is 1.96 bits per heavy atom. The summed E-state index contributed by atoms with van der Waals surface area (Å²) in [4.78, 5) is 26.0. The molecule has 0 bridgehead atoms. The lowest BCUT2D eigenvalue weighted by molar-refractivity contribution is -0.122. The molecule has 0 unspecified atom stereocenters. The van der Waals surface area contributed by atoms with Crippen LogP contribution in [0.4, 0.5) is 10.1 Å². The number of halogens is 2. The van der Waals surface area contributed by atoms with Gasteiger partial charge in [-0.1, -0.05) is 12.1 Å². The number of amides is 2. The van der Waals surface area contributed by atoms with E-state index in [1.807, 2.05) is 22.6 Å². The molecule has 1 aliphatic heterocycles. The lowest BCUT2D eigenvalue weighted by Gasteiger charge is -2.28. The Balaban J connectivity index is 2.03. The molecule has 1 heterocycles. The highest BCUT2D eigenvalue weighted by atomic mass is 127. The van der Waals surface area contributed by atoms with Gasteiger partial charge in [-0.15, -0.1) is 0 Å². The minimum absolute atomic E-state index is 0.102. The summed E-state index contributed by atoms with van der Waals surface area (Å²) in [7, 11) is 0. The van der Waals surface area contributed by atoms with Gasteiger partial charge in [0, 0.05) is 0 Å². The number of anilines is 1. The van der Waals surface area contributed by atoms with E-state index in [-0.39, 0.29) is 22.1 Å². The first-order valence-corrected chi connectivity index (χ1v) is 8.51. The number of rotatable bonds is 2. The van der Waals surface area contributed by atoms with Crippen LogP contribution in [-0.2, 0) is 9.59 Å². The fourth-order valence-corrected chi connectivity index (χ4v) is 3.11. The standard InChI is InChI=1S/C17H10FIN2O3S/c18-10-2-1-3-11(8-10)21-16(24)12(15(23)20-17(21)25)6-9-4-5-14(22)13(19)7-9/h1-8,22H,(H,20,23,25)/b12-6+. The van der Waals surface area contributed by atoms with Gasteiger partial charge in [0.25, 0.3) is 11.8 Å². The van der Waals surface area contributed by atoms with Gasteiger partial charge in [-0.3, -0.25) is 19.8 Å². The third-order valence-corrected chi connectivity index (χ3v) is 4.60. The second-order valence-electron chi connectivity index (χ2n) is 5.15. The Kier molecular flexibility index (Phi) is 4.82. The van der Waals surface area contributed by atoms with Crippen LogP contribution in [0.1, 0.15) is 5.56 Å². The number of hydrogen-bond donors (Lipinski definition) is 2. The summed E-state index contributed by atoms with van der Waals surface area (Å²) in [6, 6.07) is 10.0. The summed E-state index contributed by atoms with van der Waals surface area (Å²) in [5.41, 5.74) is 0.647. The Bertz CT molecular complexity index is 945. The number of nitrogens with zero attached hydrogens (tertiary/aromatic N) is 1. The summed E-state index contributed by atoms with van der Waals surface area (Å²) >= 11 is 6.99. The van der Waals surface area contributed by atoms with E-state index in [4.69, 9.17) is 12.2 Å². The quantitative estimate of drug-likeness (QED) is 0.308. The molecule has 0 atom stereocenters. The molecule has 0 radical (unpaired) electrons. The monoisotopic (exact) mass is 468 g/mol. The first-order valence-electron chi connectivity index (χ1n) is 7.02. The molecule has 3 rings (SSSR count). The molecule has 2 N–H and O–H groups in total. The van der Waals surface area contributed by atoms with E-state index < -0.39 is 17.6 Å². The average Bonchev–Trinajstić information content (AvgIpc) is 2.54. The third kappa shape index (κ3) is 3.54. The Morgan fingerprint density at radius 1 is 1.20 bits per heavy atom. The van der Waals surface area contributed by atoms with Gasteiger partial charge in [-0.05, 0) is 76.8 Å². The first-order chi connectivity index (χ1) is 11.9. The zero-order valence-electron chi connectivity index (χ0n) is 12.5. The molecule has 5 nitrogen and oxygen atoms in total. The summed E-state index contributed by atoms with van der Waals surface area (Å²) < 4.78 is 14.0. The van der Waals surface area contributed by atoms with Crippen LogP contribution in [0.2, 0.25) is 0 Å². The van der Waals surface area contributed by atoms with Crippen molar-refractivity contribution >= 4 is 63.5 Å². The van der Waals surface area contributed by atoms with Gasteiger partial charge in [0.2, 0.25) is 0 Å². The van der Waals surface area contributed by atoms with Gasteiger partial charge in [0.15, 0.2) is 5.11 Å². The maximum absolute atomic E-state index is 13.5. The SMILES string of the molecule is O=C1NC(=S)N(c2cccc(F)c2)C(=O)/C1=C/c1ccc(O)c(I)c1. The predicted molar refractivity (Wildman–Crippen MR) is 103 cm³/mol. The molecule has 0 spiro atoms. The molecule has 0 aromatic heterocycles. The van der Waals surface area contributed by atoms with Crippen molar-refractivity contribution in [1.82, 2.24) is 5.32 Å². The van der Waals surface area contributed by atoms with E-state index in [1.165, 1.54) is 30.3 Å². The number of phenols is 1. The number of carbonyl (C=O) groups is 2. The number of nitrogens with one attached hydrogen (secondary N) is 1. The Hall–Kier alpha value is -2.33. The van der Waals surface area contributed by atoms with Gasteiger partial charge >= 0.3 is 0 Å². The van der Waals surface area contributed by atoms with Crippen LogP contribution >= 0.6 is 34.8 Å². The van der Waals surface area contributed by atoms with E-state index in [0.717, 1.165) is 11.0 Å². The molecule has 1 saturated heterocycles. The minimum Gasteiger partial charge on any atom is -0.507 e. The van der Waals surface area contributed by atoms with E-state index in [9.17, 15) is 19.1 Å². The van der Waals surface area contributed by atoms with Crippen molar-refractivity contribution in [3.05, 3.63) is 63.0 Å². The number of thiocarbonyl (C=S) groups is 1. The summed E-state index contributed by atoms with van der Waals surface area (Å²) in [6.45, 7) is 0. The smallest absolute Gasteiger partial charge is 0.270 e. The summed E-state index contributed by atoms with van der Waals surface area (Å²) in [5, 5.41) is 11.9. The number of hydrogen-bond acceptors (Lipinski definition) is 4. The van der Waals surface area contributed by atoms with Crippen molar-refractivity contribution in [2.45, 2.75) is 0 Å². The first kappa shape index (κ1) is 17.5. The fraction of sp³-hybridized carbons (Fsp3) is 0. The van der Waals surface area contributed by atoms with Crippen LogP contribution in [-0.4, -0.2) is 22.0 Å². The van der Waals surface area contributed by atoms with Crippen LogP contribution in [0.5, 0.6) is 5.75 Å². The lowest BCUT2D eigenvalue weighted by Crippen LogP contribution is -2.54. The van der Waals surface area contributed by atoms with Gasteiger partial charge in [0.1, 0.15) is 17.1 Å². The zero-order chi connectivity index (χ0) is 18.1. The highest BCUT2D eigenvalue weighted by Gasteiger charge is 2.34. The molecule has 8 heteroatoms. The predicted octanol–water partition coefficient (Wildman–Crippen LogP) is 2.97. The molecule has 126 valence electrons.